The number of rotatable bonds is 6. The summed E-state index contributed by atoms with van der Waals surface area (Å²) in [6.45, 7) is 6.57. The van der Waals surface area contributed by atoms with Gasteiger partial charge in [0.25, 0.3) is 0 Å². The number of carbonyl (C=O) groups excluding carboxylic acids is 1. The zero-order valence-corrected chi connectivity index (χ0v) is 13.7. The number of nitrogens with zero attached hydrogens (tertiary/aromatic N) is 1. The Morgan fingerprint density at radius 1 is 1.43 bits per heavy atom. The second kappa shape index (κ2) is 8.44. The lowest BCUT2D eigenvalue weighted by molar-refractivity contribution is 0.0440. The van der Waals surface area contributed by atoms with Gasteiger partial charge in [0, 0.05) is 25.4 Å². The lowest BCUT2D eigenvalue weighted by Crippen LogP contribution is -2.34. The Hall–Kier alpha value is -2.19. The Morgan fingerprint density at radius 3 is 2.83 bits per heavy atom. The Balaban J connectivity index is 1.79. The van der Waals surface area contributed by atoms with Crippen molar-refractivity contribution in [2.45, 2.75) is 26.4 Å². The normalized spacial score (nSPS) is 17.1. The number of urea groups is 1. The molecule has 0 saturated carbocycles. The Bertz CT molecular complexity index is 548. The van der Waals surface area contributed by atoms with E-state index in [2.05, 4.69) is 25.1 Å². The highest BCUT2D eigenvalue weighted by atomic mass is 16.5. The molecule has 1 fully saturated rings. The maximum absolute atomic E-state index is 12.3. The molecule has 1 aromatic rings. The minimum atomic E-state index is -0.0991. The predicted molar refractivity (Wildman–Crippen MR) is 90.6 cm³/mol. The van der Waals surface area contributed by atoms with Crippen molar-refractivity contribution in [3.63, 3.8) is 0 Å². The van der Waals surface area contributed by atoms with Gasteiger partial charge in [0.15, 0.2) is 0 Å². The fourth-order valence-electron chi connectivity index (χ4n) is 2.34. The van der Waals surface area contributed by atoms with E-state index in [0.717, 1.165) is 25.3 Å². The zero-order valence-electron chi connectivity index (χ0n) is 13.7. The molecule has 1 atom stereocenters. The van der Waals surface area contributed by atoms with E-state index in [-0.39, 0.29) is 18.7 Å². The van der Waals surface area contributed by atoms with Crippen molar-refractivity contribution in [3.8, 4) is 18.1 Å². The molecule has 0 radical (unpaired) electrons. The number of carbonyl (C=O) groups is 1. The molecule has 1 aliphatic rings. The molecule has 23 heavy (non-hydrogen) atoms. The van der Waals surface area contributed by atoms with E-state index >= 15 is 0 Å². The number of hydrogen-bond acceptors (Lipinski definition) is 3. The molecule has 0 bridgehead atoms. The first-order chi connectivity index (χ1) is 11.1. The summed E-state index contributed by atoms with van der Waals surface area (Å²) in [5, 5.41) is 2.89. The van der Waals surface area contributed by atoms with Gasteiger partial charge in [0.05, 0.1) is 6.10 Å². The van der Waals surface area contributed by atoms with Crippen molar-refractivity contribution in [3.05, 3.63) is 24.3 Å². The number of hydrogen-bond donors (Lipinski definition) is 1. The monoisotopic (exact) mass is 316 g/mol. The molecule has 1 N–H and O–H groups in total. The van der Waals surface area contributed by atoms with E-state index in [1.54, 1.807) is 29.2 Å². The summed E-state index contributed by atoms with van der Waals surface area (Å²) >= 11 is 0. The minimum absolute atomic E-state index is 0.0991. The summed E-state index contributed by atoms with van der Waals surface area (Å²) < 4.78 is 11.1. The van der Waals surface area contributed by atoms with Gasteiger partial charge in [-0.3, -0.25) is 0 Å². The van der Waals surface area contributed by atoms with Gasteiger partial charge in [-0.25, -0.2) is 4.79 Å². The van der Waals surface area contributed by atoms with Crippen LogP contribution in [0, 0.1) is 18.3 Å². The standard InChI is InChI=1S/C18H24N2O3/c1-4-11-22-16-7-5-15(6-8-16)19-18(21)20-10-9-17(12-20)23-13-14(2)3/h1,5-8,14,17H,9-13H2,2-3H3,(H,19,21)/t17-/m0/s1. The molecule has 1 saturated heterocycles. The van der Waals surface area contributed by atoms with Gasteiger partial charge in [0.1, 0.15) is 12.4 Å². The van der Waals surface area contributed by atoms with Crippen LogP contribution in [0.25, 0.3) is 0 Å². The van der Waals surface area contributed by atoms with Gasteiger partial charge in [-0.15, -0.1) is 6.42 Å². The molecule has 2 amide bonds. The molecule has 2 rings (SSSR count). The van der Waals surface area contributed by atoms with Gasteiger partial charge in [-0.2, -0.15) is 0 Å². The topological polar surface area (TPSA) is 50.8 Å². The molecular formula is C18H24N2O3. The average molecular weight is 316 g/mol. The third-order valence-corrected chi connectivity index (χ3v) is 3.53. The summed E-state index contributed by atoms with van der Waals surface area (Å²) in [7, 11) is 0. The summed E-state index contributed by atoms with van der Waals surface area (Å²) in [5.74, 6) is 3.60. The number of benzene rings is 1. The lowest BCUT2D eigenvalue weighted by Gasteiger charge is -2.18. The van der Waals surface area contributed by atoms with Crippen LogP contribution in [0.5, 0.6) is 5.75 Å². The largest absolute Gasteiger partial charge is 0.481 e. The van der Waals surface area contributed by atoms with E-state index in [0.29, 0.717) is 18.2 Å². The Labute approximate surface area is 138 Å². The van der Waals surface area contributed by atoms with Gasteiger partial charge >= 0.3 is 6.03 Å². The molecule has 1 aromatic carbocycles. The summed E-state index contributed by atoms with van der Waals surface area (Å²) in [4.78, 5) is 14.0. The van der Waals surface area contributed by atoms with Crippen LogP contribution < -0.4 is 10.1 Å². The number of likely N-dealkylation sites (tertiary alicyclic amines) is 1. The Kier molecular flexibility index (Phi) is 6.30. The number of amides is 2. The molecule has 0 spiro atoms. The van der Waals surface area contributed by atoms with Gasteiger partial charge in [0.2, 0.25) is 0 Å². The van der Waals surface area contributed by atoms with Crippen LogP contribution in [0.2, 0.25) is 0 Å². The molecule has 0 aromatic heterocycles. The molecule has 0 aliphatic carbocycles. The van der Waals surface area contributed by atoms with Crippen molar-refractivity contribution >= 4 is 11.7 Å². The second-order valence-corrected chi connectivity index (χ2v) is 6.03. The van der Waals surface area contributed by atoms with Crippen molar-refractivity contribution in [1.29, 1.82) is 0 Å². The zero-order chi connectivity index (χ0) is 16.7. The van der Waals surface area contributed by atoms with E-state index in [1.165, 1.54) is 0 Å². The highest BCUT2D eigenvalue weighted by Crippen LogP contribution is 2.18. The maximum Gasteiger partial charge on any atom is 0.321 e. The summed E-state index contributed by atoms with van der Waals surface area (Å²) in [5.41, 5.74) is 0.731. The molecule has 5 heteroatoms. The molecule has 5 nitrogen and oxygen atoms in total. The highest BCUT2D eigenvalue weighted by molar-refractivity contribution is 5.89. The first-order valence-electron chi connectivity index (χ1n) is 7.92. The van der Waals surface area contributed by atoms with Crippen LogP contribution in [0.3, 0.4) is 0 Å². The molecule has 1 aliphatic heterocycles. The SMILES string of the molecule is C#CCOc1ccc(NC(=O)N2CC[C@H](OCC(C)C)C2)cc1. The third-order valence-electron chi connectivity index (χ3n) is 3.53. The van der Waals surface area contributed by atoms with E-state index < -0.39 is 0 Å². The molecular weight excluding hydrogens is 292 g/mol. The predicted octanol–water partition coefficient (Wildman–Crippen LogP) is 2.98. The van der Waals surface area contributed by atoms with Crippen LogP contribution in [0.4, 0.5) is 10.5 Å². The second-order valence-electron chi connectivity index (χ2n) is 6.03. The van der Waals surface area contributed by atoms with Crippen molar-refractivity contribution in [2.24, 2.45) is 5.92 Å². The van der Waals surface area contributed by atoms with Crippen molar-refractivity contribution in [1.82, 2.24) is 4.90 Å². The van der Waals surface area contributed by atoms with Gasteiger partial charge < -0.3 is 19.7 Å². The van der Waals surface area contributed by atoms with Crippen LogP contribution in [-0.4, -0.2) is 43.3 Å². The van der Waals surface area contributed by atoms with E-state index in [4.69, 9.17) is 15.9 Å². The third kappa shape index (κ3) is 5.50. The quantitative estimate of drug-likeness (QED) is 0.821. The molecule has 1 heterocycles. The highest BCUT2D eigenvalue weighted by Gasteiger charge is 2.26. The molecule has 124 valence electrons. The van der Waals surface area contributed by atoms with Crippen LogP contribution >= 0.6 is 0 Å². The van der Waals surface area contributed by atoms with Crippen molar-refractivity contribution < 1.29 is 14.3 Å². The summed E-state index contributed by atoms with van der Waals surface area (Å²) in [6.07, 6.45) is 6.17. The minimum Gasteiger partial charge on any atom is -0.481 e. The van der Waals surface area contributed by atoms with Gasteiger partial charge in [-0.1, -0.05) is 19.8 Å². The number of anilines is 1. The number of nitrogens with one attached hydrogen (secondary N) is 1. The average Bonchev–Trinajstić information content (AvgIpc) is 3.01. The van der Waals surface area contributed by atoms with Crippen LogP contribution in [-0.2, 0) is 4.74 Å². The maximum atomic E-state index is 12.3. The van der Waals surface area contributed by atoms with Crippen LogP contribution in [0.15, 0.2) is 24.3 Å². The Morgan fingerprint density at radius 2 is 2.17 bits per heavy atom. The lowest BCUT2D eigenvalue weighted by atomic mass is 10.2. The number of terminal acetylenes is 1. The van der Waals surface area contributed by atoms with Crippen LogP contribution in [0.1, 0.15) is 20.3 Å². The first-order valence-corrected chi connectivity index (χ1v) is 7.92. The first kappa shape index (κ1) is 17.2. The van der Waals surface area contributed by atoms with E-state index in [9.17, 15) is 4.79 Å². The van der Waals surface area contributed by atoms with Crippen molar-refractivity contribution in [2.75, 3.05) is 31.6 Å². The fourth-order valence-corrected chi connectivity index (χ4v) is 2.34. The summed E-state index contributed by atoms with van der Waals surface area (Å²) in [6, 6.07) is 7.06. The molecule has 0 unspecified atom stereocenters. The van der Waals surface area contributed by atoms with E-state index in [1.807, 2.05) is 0 Å². The number of ether oxygens (including phenoxy) is 2. The fraction of sp³-hybridized carbons (Fsp3) is 0.500. The smallest absolute Gasteiger partial charge is 0.321 e. The van der Waals surface area contributed by atoms with Gasteiger partial charge in [-0.05, 0) is 36.6 Å².